The third-order valence-corrected chi connectivity index (χ3v) is 5.70. The molecule has 2 saturated heterocycles. The largest absolute Gasteiger partial charge is 0.397 e. The van der Waals surface area contributed by atoms with E-state index in [-0.39, 0.29) is 0 Å². The van der Waals surface area contributed by atoms with Gasteiger partial charge in [0.25, 0.3) is 0 Å². The predicted octanol–water partition coefficient (Wildman–Crippen LogP) is 1.35. The molecule has 116 valence electrons. The highest BCUT2D eigenvalue weighted by Gasteiger charge is 2.30. The number of nitrogen functional groups attached to an aromatic ring is 1. The highest BCUT2D eigenvalue weighted by Crippen LogP contribution is 2.31. The molecule has 0 radical (unpaired) electrons. The average molecular weight is 309 g/mol. The van der Waals surface area contributed by atoms with Gasteiger partial charge in [-0.25, -0.2) is 8.42 Å². The van der Waals surface area contributed by atoms with Gasteiger partial charge in [-0.3, -0.25) is 4.90 Å². The third kappa shape index (κ3) is 3.01. The summed E-state index contributed by atoms with van der Waals surface area (Å²) in [6, 6.07) is 5.69. The molecule has 0 bridgehead atoms. The second-order valence-corrected chi connectivity index (χ2v) is 8.14. The van der Waals surface area contributed by atoms with Crippen LogP contribution in [0.15, 0.2) is 23.1 Å². The van der Waals surface area contributed by atoms with Gasteiger partial charge in [0.05, 0.1) is 16.3 Å². The number of hydrogen-bond donors (Lipinski definition) is 1. The first-order valence-electron chi connectivity index (χ1n) is 7.54. The number of nitrogens with zero attached hydrogens (tertiary/aromatic N) is 2. The fraction of sp³-hybridized carbons (Fsp3) is 0.600. The lowest BCUT2D eigenvalue weighted by Gasteiger charge is -2.25. The monoisotopic (exact) mass is 309 g/mol. The highest BCUT2D eigenvalue weighted by molar-refractivity contribution is 7.90. The van der Waals surface area contributed by atoms with Crippen molar-refractivity contribution in [2.45, 2.75) is 30.2 Å². The molecule has 0 amide bonds. The molecular weight excluding hydrogens is 286 g/mol. The van der Waals surface area contributed by atoms with Crippen molar-refractivity contribution >= 4 is 21.2 Å². The summed E-state index contributed by atoms with van der Waals surface area (Å²) in [4.78, 5) is 5.14. The van der Waals surface area contributed by atoms with Gasteiger partial charge in [-0.2, -0.15) is 0 Å². The minimum absolute atomic E-state index is 0.291. The molecule has 2 heterocycles. The Kier molecular flexibility index (Phi) is 3.84. The number of rotatable bonds is 3. The number of likely N-dealkylation sites (tertiary alicyclic amines) is 1. The second-order valence-electron chi connectivity index (χ2n) is 6.12. The SMILES string of the molecule is CS(=O)(=O)c1ccc(N2CCC(N3CCCC3)C2)c(N)c1. The zero-order valence-corrected chi connectivity index (χ0v) is 13.3. The third-order valence-electron chi connectivity index (χ3n) is 4.59. The number of benzene rings is 1. The molecule has 1 unspecified atom stereocenters. The van der Waals surface area contributed by atoms with Crippen LogP contribution in [0, 0.1) is 0 Å². The van der Waals surface area contributed by atoms with E-state index in [4.69, 9.17) is 5.73 Å². The van der Waals surface area contributed by atoms with E-state index in [1.807, 2.05) is 6.07 Å². The van der Waals surface area contributed by atoms with Crippen LogP contribution in [0.2, 0.25) is 0 Å². The van der Waals surface area contributed by atoms with Crippen molar-refractivity contribution in [3.63, 3.8) is 0 Å². The van der Waals surface area contributed by atoms with Crippen molar-refractivity contribution in [1.29, 1.82) is 0 Å². The standard InChI is InChI=1S/C15H23N3O2S/c1-21(19,20)13-4-5-15(14(16)10-13)18-9-6-12(11-18)17-7-2-3-8-17/h4-5,10,12H,2-3,6-9,11,16H2,1H3. The molecule has 6 heteroatoms. The first kappa shape index (κ1) is 14.7. The Morgan fingerprint density at radius 3 is 2.52 bits per heavy atom. The van der Waals surface area contributed by atoms with Crippen molar-refractivity contribution < 1.29 is 8.42 Å². The van der Waals surface area contributed by atoms with Gasteiger partial charge in [0.15, 0.2) is 9.84 Å². The maximum Gasteiger partial charge on any atom is 0.175 e. The molecule has 0 aromatic heterocycles. The van der Waals surface area contributed by atoms with Gasteiger partial charge in [-0.15, -0.1) is 0 Å². The molecule has 3 rings (SSSR count). The first-order valence-corrected chi connectivity index (χ1v) is 9.43. The van der Waals surface area contributed by atoms with Gasteiger partial charge in [-0.05, 0) is 50.6 Å². The Morgan fingerprint density at radius 2 is 1.90 bits per heavy atom. The smallest absolute Gasteiger partial charge is 0.175 e. The Hall–Kier alpha value is -1.27. The van der Waals surface area contributed by atoms with E-state index in [2.05, 4.69) is 9.80 Å². The molecule has 2 aliphatic heterocycles. The second kappa shape index (κ2) is 5.50. The Morgan fingerprint density at radius 1 is 1.19 bits per heavy atom. The molecule has 2 N–H and O–H groups in total. The van der Waals surface area contributed by atoms with Crippen molar-refractivity contribution in [1.82, 2.24) is 4.90 Å². The van der Waals surface area contributed by atoms with Gasteiger partial charge >= 0.3 is 0 Å². The summed E-state index contributed by atoms with van der Waals surface area (Å²) in [6.07, 6.45) is 4.98. The molecule has 21 heavy (non-hydrogen) atoms. The molecule has 2 fully saturated rings. The molecule has 2 aliphatic rings. The lowest BCUT2D eigenvalue weighted by atomic mass is 10.2. The van der Waals surface area contributed by atoms with Gasteiger partial charge < -0.3 is 10.6 Å². The molecule has 1 atom stereocenters. The van der Waals surface area contributed by atoms with Crippen LogP contribution in [0.4, 0.5) is 11.4 Å². The lowest BCUT2D eigenvalue weighted by Crippen LogP contribution is -2.35. The van der Waals surface area contributed by atoms with Crippen LogP contribution in [0.5, 0.6) is 0 Å². The van der Waals surface area contributed by atoms with E-state index in [9.17, 15) is 8.42 Å². The fourth-order valence-electron chi connectivity index (χ4n) is 3.42. The fourth-order valence-corrected chi connectivity index (χ4v) is 4.07. The van der Waals surface area contributed by atoms with Crippen LogP contribution in [0.25, 0.3) is 0 Å². The van der Waals surface area contributed by atoms with Gasteiger partial charge in [0.1, 0.15) is 0 Å². The van der Waals surface area contributed by atoms with Crippen LogP contribution < -0.4 is 10.6 Å². The Labute approximate surface area is 126 Å². The molecule has 0 aliphatic carbocycles. The predicted molar refractivity (Wildman–Crippen MR) is 85.4 cm³/mol. The zero-order valence-electron chi connectivity index (χ0n) is 12.5. The molecule has 1 aromatic carbocycles. The minimum Gasteiger partial charge on any atom is -0.397 e. The Bertz CT molecular complexity index is 624. The maximum atomic E-state index is 11.6. The van der Waals surface area contributed by atoms with E-state index >= 15 is 0 Å². The number of hydrogen-bond acceptors (Lipinski definition) is 5. The average Bonchev–Trinajstić information content (AvgIpc) is 3.08. The number of sulfone groups is 1. The lowest BCUT2D eigenvalue weighted by molar-refractivity contribution is 0.260. The van der Waals surface area contributed by atoms with E-state index in [1.54, 1.807) is 12.1 Å². The molecule has 1 aromatic rings. The molecule has 0 spiro atoms. The van der Waals surface area contributed by atoms with Crippen molar-refractivity contribution in [2.75, 3.05) is 43.1 Å². The summed E-state index contributed by atoms with van der Waals surface area (Å²) < 4.78 is 23.1. The van der Waals surface area contributed by atoms with E-state index in [1.165, 1.54) is 32.2 Å². The van der Waals surface area contributed by atoms with Gasteiger partial charge in [0.2, 0.25) is 0 Å². The first-order chi connectivity index (χ1) is 9.95. The van der Waals surface area contributed by atoms with E-state index in [0.717, 1.165) is 25.2 Å². The summed E-state index contributed by atoms with van der Waals surface area (Å²) in [5.74, 6) is 0. The molecule has 5 nitrogen and oxygen atoms in total. The number of nitrogens with two attached hydrogens (primary N) is 1. The zero-order chi connectivity index (χ0) is 15.0. The molecular formula is C15H23N3O2S. The van der Waals surface area contributed by atoms with E-state index in [0.29, 0.717) is 16.6 Å². The summed E-state index contributed by atoms with van der Waals surface area (Å²) >= 11 is 0. The maximum absolute atomic E-state index is 11.6. The normalized spacial score (nSPS) is 23.9. The highest BCUT2D eigenvalue weighted by atomic mass is 32.2. The topological polar surface area (TPSA) is 66.6 Å². The molecule has 0 saturated carbocycles. The van der Waals surface area contributed by atoms with Crippen molar-refractivity contribution in [2.24, 2.45) is 0 Å². The summed E-state index contributed by atoms with van der Waals surface area (Å²) in [7, 11) is -3.20. The quantitative estimate of drug-likeness (QED) is 0.854. The van der Waals surface area contributed by atoms with Crippen LogP contribution in [0.3, 0.4) is 0 Å². The van der Waals surface area contributed by atoms with Crippen molar-refractivity contribution in [3.8, 4) is 0 Å². The minimum atomic E-state index is -3.20. The summed E-state index contributed by atoms with van der Waals surface area (Å²) in [6.45, 7) is 4.40. The van der Waals surface area contributed by atoms with Crippen LogP contribution >= 0.6 is 0 Å². The van der Waals surface area contributed by atoms with Crippen molar-refractivity contribution in [3.05, 3.63) is 18.2 Å². The van der Waals surface area contributed by atoms with Crippen LogP contribution in [-0.4, -0.2) is 51.8 Å². The van der Waals surface area contributed by atoms with Crippen LogP contribution in [-0.2, 0) is 9.84 Å². The van der Waals surface area contributed by atoms with E-state index < -0.39 is 9.84 Å². The summed E-state index contributed by atoms with van der Waals surface area (Å²) in [5, 5.41) is 0. The van der Waals surface area contributed by atoms with Gasteiger partial charge in [0, 0.05) is 25.4 Å². The number of anilines is 2. The van der Waals surface area contributed by atoms with Crippen LogP contribution in [0.1, 0.15) is 19.3 Å². The van der Waals surface area contributed by atoms with Gasteiger partial charge in [-0.1, -0.05) is 0 Å². The Balaban J connectivity index is 1.76. The summed E-state index contributed by atoms with van der Waals surface area (Å²) in [5.41, 5.74) is 7.59.